The Hall–Kier alpha value is -1.67. The molecule has 8 heteroatoms. The number of imide groups is 1. The van der Waals surface area contributed by atoms with Gasteiger partial charge in [-0.25, -0.2) is 4.79 Å². The molecule has 2 rings (SSSR count). The van der Waals surface area contributed by atoms with E-state index in [9.17, 15) is 14.4 Å². The van der Waals surface area contributed by atoms with E-state index in [2.05, 4.69) is 20.4 Å². The van der Waals surface area contributed by atoms with Crippen molar-refractivity contribution in [2.45, 2.75) is 52.1 Å². The molecule has 0 aromatic carbocycles. The van der Waals surface area contributed by atoms with Crippen LogP contribution in [0.15, 0.2) is 0 Å². The van der Waals surface area contributed by atoms with Gasteiger partial charge in [-0.2, -0.15) is 0 Å². The maximum atomic E-state index is 12.2. The number of carbonyl (C=O) groups excluding carboxylic acids is 3. The molecule has 148 valence electrons. The fraction of sp³-hybridized carbons (Fsp3) is 0.833. The molecule has 2 fully saturated rings. The molecule has 0 saturated carbocycles. The number of nitrogens with one attached hydrogen (secondary N) is 2. The van der Waals surface area contributed by atoms with Crippen molar-refractivity contribution in [1.29, 1.82) is 0 Å². The van der Waals surface area contributed by atoms with Crippen LogP contribution in [0.4, 0.5) is 4.79 Å². The lowest BCUT2D eigenvalue weighted by molar-refractivity contribution is -0.130. The number of carbonyl (C=O) groups is 3. The normalized spacial score (nSPS) is 22.3. The van der Waals surface area contributed by atoms with Crippen LogP contribution < -0.4 is 10.6 Å². The Labute approximate surface area is 156 Å². The van der Waals surface area contributed by atoms with Crippen molar-refractivity contribution >= 4 is 17.8 Å². The van der Waals surface area contributed by atoms with Gasteiger partial charge in [-0.1, -0.05) is 0 Å². The highest BCUT2D eigenvalue weighted by Gasteiger charge is 2.43. The molecule has 0 aliphatic carbocycles. The highest BCUT2D eigenvalue weighted by atomic mass is 16.2. The summed E-state index contributed by atoms with van der Waals surface area (Å²) in [6.45, 7) is 14.3. The summed E-state index contributed by atoms with van der Waals surface area (Å²) in [5.41, 5.74) is -1.03. The summed E-state index contributed by atoms with van der Waals surface area (Å²) in [6, 6.07) is -0.310. The molecular formula is C18H33N5O3. The van der Waals surface area contributed by atoms with Gasteiger partial charge in [0.15, 0.2) is 0 Å². The van der Waals surface area contributed by atoms with Gasteiger partial charge in [0, 0.05) is 31.7 Å². The predicted octanol–water partition coefficient (Wildman–Crippen LogP) is 0.239. The van der Waals surface area contributed by atoms with Crippen molar-refractivity contribution in [3.8, 4) is 0 Å². The number of hydrogen-bond acceptors (Lipinski definition) is 5. The van der Waals surface area contributed by atoms with Crippen molar-refractivity contribution < 1.29 is 14.4 Å². The molecule has 26 heavy (non-hydrogen) atoms. The smallest absolute Gasteiger partial charge is 0.325 e. The van der Waals surface area contributed by atoms with Crippen LogP contribution in [0.25, 0.3) is 0 Å². The van der Waals surface area contributed by atoms with Crippen LogP contribution in [-0.4, -0.2) is 89.4 Å². The van der Waals surface area contributed by atoms with Gasteiger partial charge in [-0.15, -0.1) is 0 Å². The van der Waals surface area contributed by atoms with Gasteiger partial charge >= 0.3 is 6.03 Å². The summed E-state index contributed by atoms with van der Waals surface area (Å²) >= 11 is 0. The Balaban J connectivity index is 1.78. The fourth-order valence-electron chi connectivity index (χ4n) is 3.33. The van der Waals surface area contributed by atoms with Crippen LogP contribution >= 0.6 is 0 Å². The molecule has 2 aliphatic heterocycles. The number of rotatable bonds is 5. The Kier molecular flexibility index (Phi) is 6.29. The number of urea groups is 1. The largest absolute Gasteiger partial charge is 0.350 e. The zero-order valence-corrected chi connectivity index (χ0v) is 16.7. The Morgan fingerprint density at radius 1 is 1.08 bits per heavy atom. The molecule has 0 atom stereocenters. The molecule has 0 aromatic heterocycles. The van der Waals surface area contributed by atoms with Crippen molar-refractivity contribution in [1.82, 2.24) is 25.3 Å². The molecule has 2 heterocycles. The van der Waals surface area contributed by atoms with Crippen LogP contribution in [0.1, 0.15) is 41.0 Å². The van der Waals surface area contributed by atoms with E-state index >= 15 is 0 Å². The van der Waals surface area contributed by atoms with Gasteiger partial charge in [-0.05, 0) is 54.1 Å². The minimum Gasteiger partial charge on any atom is -0.350 e. The first kappa shape index (κ1) is 20.6. The minimum atomic E-state index is -0.812. The lowest BCUT2D eigenvalue weighted by Gasteiger charge is -2.25. The summed E-state index contributed by atoms with van der Waals surface area (Å²) in [6.07, 6.45) is 0.967. The monoisotopic (exact) mass is 367 g/mol. The maximum Gasteiger partial charge on any atom is 0.325 e. The van der Waals surface area contributed by atoms with E-state index in [0.717, 1.165) is 32.6 Å². The summed E-state index contributed by atoms with van der Waals surface area (Å²) in [5, 5.41) is 5.70. The van der Waals surface area contributed by atoms with Crippen LogP contribution in [0.3, 0.4) is 0 Å². The second-order valence-electron chi connectivity index (χ2n) is 8.78. The van der Waals surface area contributed by atoms with Crippen molar-refractivity contribution in [3.05, 3.63) is 0 Å². The Morgan fingerprint density at radius 3 is 2.27 bits per heavy atom. The molecule has 0 bridgehead atoms. The average molecular weight is 367 g/mol. The Bertz CT molecular complexity index is 556. The highest BCUT2D eigenvalue weighted by Crippen LogP contribution is 2.16. The maximum absolute atomic E-state index is 12.2. The molecule has 2 N–H and O–H groups in total. The molecule has 8 nitrogen and oxygen atoms in total. The molecule has 4 amide bonds. The molecule has 0 radical (unpaired) electrons. The van der Waals surface area contributed by atoms with E-state index in [4.69, 9.17) is 0 Å². The molecule has 0 spiro atoms. The van der Waals surface area contributed by atoms with E-state index in [-0.39, 0.29) is 23.4 Å². The van der Waals surface area contributed by atoms with Crippen LogP contribution in [0, 0.1) is 0 Å². The first-order valence-electron chi connectivity index (χ1n) is 9.38. The van der Waals surface area contributed by atoms with E-state index in [1.807, 2.05) is 20.8 Å². The SMILES string of the molecule is CC(C)(C)NC(=O)CN1CCCN(CCN2C(=O)NC(C)(C)C2=O)CC1. The summed E-state index contributed by atoms with van der Waals surface area (Å²) in [4.78, 5) is 42.0. The van der Waals surface area contributed by atoms with Gasteiger partial charge in [0.2, 0.25) is 5.91 Å². The summed E-state index contributed by atoms with van der Waals surface area (Å²) < 4.78 is 0. The van der Waals surface area contributed by atoms with Gasteiger partial charge in [0.1, 0.15) is 5.54 Å². The third kappa shape index (κ3) is 5.67. The molecule has 0 unspecified atom stereocenters. The summed E-state index contributed by atoms with van der Waals surface area (Å²) in [5.74, 6) is -0.120. The first-order chi connectivity index (χ1) is 12.0. The second kappa shape index (κ2) is 7.92. The quantitative estimate of drug-likeness (QED) is 0.680. The highest BCUT2D eigenvalue weighted by molar-refractivity contribution is 6.06. The first-order valence-corrected chi connectivity index (χ1v) is 9.38. The fourth-order valence-corrected chi connectivity index (χ4v) is 3.33. The standard InChI is InChI=1S/C18H33N5O3/c1-17(2,3)19-14(24)13-22-8-6-7-21(9-10-22)11-12-23-15(25)18(4,5)20-16(23)26/h6-13H2,1-5H3,(H,19,24)(H,20,26). The third-order valence-corrected chi connectivity index (χ3v) is 4.65. The second-order valence-corrected chi connectivity index (χ2v) is 8.78. The zero-order chi connectivity index (χ0) is 19.5. The molecule has 2 aliphatic rings. The van der Waals surface area contributed by atoms with Crippen LogP contribution in [0.5, 0.6) is 0 Å². The number of nitrogens with zero attached hydrogens (tertiary/aromatic N) is 3. The van der Waals surface area contributed by atoms with E-state index < -0.39 is 5.54 Å². The third-order valence-electron chi connectivity index (χ3n) is 4.65. The molecule has 2 saturated heterocycles. The molecule has 0 aromatic rings. The van der Waals surface area contributed by atoms with Crippen molar-refractivity contribution in [2.75, 3.05) is 45.8 Å². The van der Waals surface area contributed by atoms with Crippen molar-refractivity contribution in [3.63, 3.8) is 0 Å². The topological polar surface area (TPSA) is 85.0 Å². The zero-order valence-electron chi connectivity index (χ0n) is 16.7. The summed E-state index contributed by atoms with van der Waals surface area (Å²) in [7, 11) is 0. The van der Waals surface area contributed by atoms with Crippen molar-refractivity contribution in [2.24, 2.45) is 0 Å². The van der Waals surface area contributed by atoms with E-state index in [1.165, 1.54) is 4.90 Å². The average Bonchev–Trinajstić information content (AvgIpc) is 2.65. The van der Waals surface area contributed by atoms with Gasteiger partial charge < -0.3 is 15.5 Å². The van der Waals surface area contributed by atoms with Gasteiger partial charge in [0.05, 0.1) is 6.54 Å². The predicted molar refractivity (Wildman–Crippen MR) is 99.7 cm³/mol. The van der Waals surface area contributed by atoms with E-state index in [0.29, 0.717) is 19.6 Å². The van der Waals surface area contributed by atoms with Crippen LogP contribution in [-0.2, 0) is 9.59 Å². The van der Waals surface area contributed by atoms with Gasteiger partial charge in [0.25, 0.3) is 5.91 Å². The lowest BCUT2D eigenvalue weighted by Crippen LogP contribution is -2.46. The van der Waals surface area contributed by atoms with Gasteiger partial charge in [-0.3, -0.25) is 19.4 Å². The minimum absolute atomic E-state index is 0.0486. The molecular weight excluding hydrogens is 334 g/mol. The Morgan fingerprint density at radius 2 is 1.69 bits per heavy atom. The van der Waals surface area contributed by atoms with E-state index in [1.54, 1.807) is 13.8 Å². The number of hydrogen-bond donors (Lipinski definition) is 2. The lowest BCUT2D eigenvalue weighted by atomic mass is 10.1. The van der Waals surface area contributed by atoms with Crippen LogP contribution in [0.2, 0.25) is 0 Å². The number of amides is 4.